The molecule has 0 saturated carbocycles. The van der Waals surface area contributed by atoms with Crippen molar-refractivity contribution in [1.29, 1.82) is 0 Å². The number of nitrogens with one attached hydrogen (secondary N) is 1. The zero-order chi connectivity index (χ0) is 21.0. The first kappa shape index (κ1) is 23.6. The van der Waals surface area contributed by atoms with Crippen molar-refractivity contribution in [2.45, 2.75) is 19.4 Å². The topological polar surface area (TPSA) is 67.8 Å². The van der Waals surface area contributed by atoms with Gasteiger partial charge in [-0.2, -0.15) is 5.10 Å². The van der Waals surface area contributed by atoms with Gasteiger partial charge in [-0.05, 0) is 18.1 Å². The Morgan fingerprint density at radius 3 is 2.37 bits per heavy atom. The third-order valence-corrected chi connectivity index (χ3v) is 4.87. The zero-order valence-corrected chi connectivity index (χ0v) is 18.5. The molecule has 6 nitrogen and oxygen atoms in total. The van der Waals surface area contributed by atoms with Crippen LogP contribution in [0.4, 0.5) is 0 Å². The highest BCUT2D eigenvalue weighted by atomic mass is 35.5. The van der Waals surface area contributed by atoms with Crippen molar-refractivity contribution in [2.24, 2.45) is 11.0 Å². The summed E-state index contributed by atoms with van der Waals surface area (Å²) in [6, 6.07) is 17.1. The molecule has 0 saturated heterocycles. The van der Waals surface area contributed by atoms with Gasteiger partial charge >= 0.3 is 5.97 Å². The number of rotatable bonds is 7. The molecular weight excluding hydrogens is 402 g/mol. The summed E-state index contributed by atoms with van der Waals surface area (Å²) in [5, 5.41) is 4.51. The van der Waals surface area contributed by atoms with Gasteiger partial charge in [-0.25, -0.2) is 10.2 Å². The molecule has 0 fully saturated rings. The number of quaternary nitrogens is 1. The molecule has 1 aliphatic rings. The molecule has 2 aromatic rings. The molecule has 1 N–H and O–H groups in total. The van der Waals surface area contributed by atoms with Crippen molar-refractivity contribution in [3.63, 3.8) is 0 Å². The van der Waals surface area contributed by atoms with Gasteiger partial charge < -0.3 is 21.6 Å². The smallest absolute Gasteiger partial charge is 0.339 e. The van der Waals surface area contributed by atoms with Crippen molar-refractivity contribution in [3.05, 3.63) is 71.3 Å². The fourth-order valence-electron chi connectivity index (χ4n) is 3.58. The lowest BCUT2D eigenvalue weighted by atomic mass is 9.85. The molecule has 7 heteroatoms. The molecule has 0 aliphatic carbocycles. The van der Waals surface area contributed by atoms with E-state index in [0.717, 1.165) is 11.1 Å². The van der Waals surface area contributed by atoms with Crippen LogP contribution >= 0.6 is 0 Å². The van der Waals surface area contributed by atoms with Crippen LogP contribution in [0.3, 0.4) is 0 Å². The van der Waals surface area contributed by atoms with Crippen LogP contribution < -0.4 is 17.8 Å². The maximum absolute atomic E-state index is 12.4. The number of hydrazone groups is 1. The number of benzene rings is 2. The Hall–Kier alpha value is -2.70. The van der Waals surface area contributed by atoms with Crippen molar-refractivity contribution in [3.8, 4) is 0 Å². The summed E-state index contributed by atoms with van der Waals surface area (Å²) in [6.45, 7) is 2.34. The normalized spacial score (nSPS) is 16.9. The number of carbonyl (C=O) groups excluding carboxylic acids is 2. The second-order valence-electron chi connectivity index (χ2n) is 8.27. The first-order chi connectivity index (χ1) is 13.8. The van der Waals surface area contributed by atoms with E-state index in [1.54, 1.807) is 6.07 Å². The lowest BCUT2D eigenvalue weighted by molar-refractivity contribution is -0.862. The highest BCUT2D eigenvalue weighted by molar-refractivity contribution is 6.04. The van der Waals surface area contributed by atoms with Crippen LogP contribution in [-0.2, 0) is 9.53 Å². The molecule has 1 aliphatic heterocycles. The highest BCUT2D eigenvalue weighted by Gasteiger charge is 2.38. The van der Waals surface area contributed by atoms with E-state index in [1.165, 1.54) is 0 Å². The number of hydrogen-bond donors (Lipinski definition) is 1. The number of cyclic esters (lactones) is 1. The first-order valence-electron chi connectivity index (χ1n) is 9.82. The van der Waals surface area contributed by atoms with Crippen LogP contribution in [0.15, 0.2) is 59.7 Å². The van der Waals surface area contributed by atoms with Gasteiger partial charge in [0.15, 0.2) is 6.54 Å². The fraction of sp³-hybridized carbons (Fsp3) is 0.348. The standard InChI is InChI=1S/C23H27N3O3.ClH/c1-5-17(22-18-13-9-10-14-19(18)23(28)29-22)21(16-11-7-6-8-12-16)25-24-20(27)15-26(2,3)4;/h6-14,17,22H,5,15H2,1-4H3;1H/b25-21+;. The molecule has 1 amide bonds. The Balaban J connectivity index is 0.00000320. The summed E-state index contributed by atoms with van der Waals surface area (Å²) in [4.78, 5) is 24.7. The molecule has 2 unspecified atom stereocenters. The number of carbonyl (C=O) groups is 2. The molecule has 160 valence electrons. The lowest BCUT2D eigenvalue weighted by Gasteiger charge is -2.25. The zero-order valence-electron chi connectivity index (χ0n) is 17.8. The molecule has 30 heavy (non-hydrogen) atoms. The summed E-state index contributed by atoms with van der Waals surface area (Å²) in [6.07, 6.45) is 0.267. The monoisotopic (exact) mass is 429 g/mol. The largest absolute Gasteiger partial charge is 1.00 e. The predicted molar refractivity (Wildman–Crippen MR) is 112 cm³/mol. The number of hydrogen-bond acceptors (Lipinski definition) is 4. The molecule has 1 heterocycles. The van der Waals surface area contributed by atoms with Crippen molar-refractivity contribution in [2.75, 3.05) is 27.7 Å². The van der Waals surface area contributed by atoms with Gasteiger partial charge in [0.1, 0.15) is 6.10 Å². The molecule has 2 atom stereocenters. The lowest BCUT2D eigenvalue weighted by Crippen LogP contribution is -3.00. The van der Waals surface area contributed by atoms with E-state index < -0.39 is 6.10 Å². The Bertz CT molecular complexity index is 923. The van der Waals surface area contributed by atoms with Crippen LogP contribution in [0.25, 0.3) is 0 Å². The van der Waals surface area contributed by atoms with Gasteiger partial charge in [0.05, 0.1) is 32.4 Å². The van der Waals surface area contributed by atoms with Gasteiger partial charge in [-0.3, -0.25) is 4.79 Å². The Morgan fingerprint density at radius 2 is 1.73 bits per heavy atom. The number of likely N-dealkylation sites (N-methyl/N-ethyl adjacent to an activating group) is 1. The van der Waals surface area contributed by atoms with E-state index in [1.807, 2.05) is 76.6 Å². The van der Waals surface area contributed by atoms with Gasteiger partial charge in [-0.15, -0.1) is 0 Å². The molecule has 3 rings (SSSR count). The van der Waals surface area contributed by atoms with Gasteiger partial charge in [0.2, 0.25) is 0 Å². The van der Waals surface area contributed by atoms with Gasteiger partial charge in [0.25, 0.3) is 5.91 Å². The van der Waals surface area contributed by atoms with Crippen LogP contribution in [0.1, 0.15) is 40.9 Å². The summed E-state index contributed by atoms with van der Waals surface area (Å²) < 4.78 is 6.25. The Morgan fingerprint density at radius 1 is 1.10 bits per heavy atom. The van der Waals surface area contributed by atoms with E-state index in [9.17, 15) is 9.59 Å². The van der Waals surface area contributed by atoms with E-state index in [4.69, 9.17) is 4.74 Å². The third kappa shape index (κ3) is 5.46. The van der Waals surface area contributed by atoms with Crippen LogP contribution in [-0.4, -0.2) is 49.8 Å². The van der Waals surface area contributed by atoms with Gasteiger partial charge in [-0.1, -0.05) is 55.5 Å². The number of nitrogens with zero attached hydrogens (tertiary/aromatic N) is 2. The van der Waals surface area contributed by atoms with Crippen LogP contribution in [0.5, 0.6) is 0 Å². The summed E-state index contributed by atoms with van der Waals surface area (Å²) in [7, 11) is 5.85. The minimum Gasteiger partial charge on any atom is -1.00 e. The van der Waals surface area contributed by atoms with Crippen molar-refractivity contribution >= 4 is 17.6 Å². The average molecular weight is 430 g/mol. The highest BCUT2D eigenvalue weighted by Crippen LogP contribution is 2.39. The van der Waals surface area contributed by atoms with E-state index in [0.29, 0.717) is 28.7 Å². The summed E-state index contributed by atoms with van der Waals surface area (Å²) in [5.74, 6) is -0.662. The van der Waals surface area contributed by atoms with E-state index >= 15 is 0 Å². The number of fused-ring (bicyclic) bond motifs is 1. The minimum absolute atomic E-state index is 0. The number of amides is 1. The molecule has 0 aromatic heterocycles. The van der Waals surface area contributed by atoms with Crippen molar-refractivity contribution < 1.29 is 31.2 Å². The third-order valence-electron chi connectivity index (χ3n) is 4.87. The number of esters is 1. The molecular formula is C23H28ClN3O3. The maximum atomic E-state index is 12.4. The Labute approximate surface area is 183 Å². The Kier molecular flexibility index (Phi) is 7.76. The predicted octanol–water partition coefficient (Wildman–Crippen LogP) is 0.155. The second-order valence-corrected chi connectivity index (χ2v) is 8.27. The molecule has 0 bridgehead atoms. The van der Waals surface area contributed by atoms with E-state index in [-0.39, 0.29) is 30.2 Å². The summed E-state index contributed by atoms with van der Waals surface area (Å²) >= 11 is 0. The molecule has 0 radical (unpaired) electrons. The molecule has 2 aromatic carbocycles. The number of halogens is 1. The van der Waals surface area contributed by atoms with Crippen LogP contribution in [0, 0.1) is 5.92 Å². The number of ether oxygens (including phenoxy) is 1. The molecule has 0 spiro atoms. The van der Waals surface area contributed by atoms with Gasteiger partial charge in [0, 0.05) is 11.5 Å². The SMILES string of the molecule is CCC(/C(=N/NC(=O)C[N+](C)(C)C)c1ccccc1)C1OC(=O)c2ccccc21.[Cl-]. The van der Waals surface area contributed by atoms with Crippen LogP contribution in [0.2, 0.25) is 0 Å². The van der Waals surface area contributed by atoms with E-state index in [2.05, 4.69) is 10.5 Å². The first-order valence-corrected chi connectivity index (χ1v) is 9.82. The average Bonchev–Trinajstić information content (AvgIpc) is 3.01. The summed E-state index contributed by atoms with van der Waals surface area (Å²) in [5.41, 5.74) is 5.77. The quantitative estimate of drug-likeness (QED) is 0.295. The van der Waals surface area contributed by atoms with Crippen molar-refractivity contribution in [1.82, 2.24) is 5.43 Å². The minimum atomic E-state index is -0.432. The second kappa shape index (κ2) is 9.87. The fourth-order valence-corrected chi connectivity index (χ4v) is 3.58. The maximum Gasteiger partial charge on any atom is 0.339 e.